The van der Waals surface area contributed by atoms with Crippen molar-refractivity contribution in [1.82, 2.24) is 0 Å². The lowest BCUT2D eigenvalue weighted by Gasteiger charge is -2.22. The molecule has 2 aromatic carbocycles. The summed E-state index contributed by atoms with van der Waals surface area (Å²) in [7, 11) is 0. The number of aryl methyl sites for hydroxylation is 3. The summed E-state index contributed by atoms with van der Waals surface area (Å²) in [5.41, 5.74) is 11.8. The lowest BCUT2D eigenvalue weighted by molar-refractivity contribution is 0.648. The minimum Gasteiger partial charge on any atom is -0.100 e. The van der Waals surface area contributed by atoms with Crippen LogP contribution < -0.4 is 0 Å². The molecule has 0 amide bonds. The highest BCUT2D eigenvalue weighted by molar-refractivity contribution is 5.67. The van der Waals surface area contributed by atoms with Gasteiger partial charge in [0.05, 0.1) is 0 Å². The third-order valence-electron chi connectivity index (χ3n) is 5.67. The zero-order valence-corrected chi connectivity index (χ0v) is 16.7. The van der Waals surface area contributed by atoms with Crippen LogP contribution in [0.3, 0.4) is 0 Å². The maximum Gasteiger partial charge on any atom is 0.0260 e. The first-order valence-corrected chi connectivity index (χ1v) is 9.47. The Kier molecular flexibility index (Phi) is 5.05. The third-order valence-corrected chi connectivity index (χ3v) is 5.67. The van der Waals surface area contributed by atoms with Crippen LogP contribution in [0.15, 0.2) is 72.9 Å². The average molecular weight is 343 g/mol. The minimum atomic E-state index is 0.284. The van der Waals surface area contributed by atoms with E-state index in [9.17, 15) is 0 Å². The zero-order valence-electron chi connectivity index (χ0n) is 16.7. The van der Waals surface area contributed by atoms with Crippen molar-refractivity contribution in [2.24, 2.45) is 5.92 Å². The van der Waals surface area contributed by atoms with Gasteiger partial charge in [-0.05, 0) is 74.3 Å². The van der Waals surface area contributed by atoms with Gasteiger partial charge in [0.2, 0.25) is 0 Å². The maximum atomic E-state index is 4.47. The number of rotatable bonds is 4. The predicted molar refractivity (Wildman–Crippen MR) is 115 cm³/mol. The first kappa shape index (κ1) is 18.5. The fraction of sp³-hybridized carbons (Fsp3) is 0.308. The van der Waals surface area contributed by atoms with Gasteiger partial charge in [-0.2, -0.15) is 0 Å². The molecule has 26 heavy (non-hydrogen) atoms. The van der Waals surface area contributed by atoms with E-state index in [0.29, 0.717) is 5.92 Å². The predicted octanol–water partition coefficient (Wildman–Crippen LogP) is 7.46. The minimum absolute atomic E-state index is 0.284. The van der Waals surface area contributed by atoms with Crippen LogP contribution in [-0.2, 0) is 0 Å². The first-order valence-electron chi connectivity index (χ1n) is 9.47. The summed E-state index contributed by atoms with van der Waals surface area (Å²) in [5.74, 6) is 0.770. The molecular formula is C26H30. The average Bonchev–Trinajstić information content (AvgIpc) is 2.82. The van der Waals surface area contributed by atoms with Crippen LogP contribution in [-0.4, -0.2) is 0 Å². The molecule has 0 heteroatoms. The Labute approximate surface area is 159 Å². The lowest BCUT2D eigenvalue weighted by atomic mass is 9.82. The van der Waals surface area contributed by atoms with Crippen LogP contribution in [0.1, 0.15) is 47.9 Å². The van der Waals surface area contributed by atoms with Gasteiger partial charge in [0, 0.05) is 5.92 Å². The van der Waals surface area contributed by atoms with Gasteiger partial charge in [0.15, 0.2) is 0 Å². The highest BCUT2D eigenvalue weighted by atomic mass is 14.4. The van der Waals surface area contributed by atoms with E-state index >= 15 is 0 Å². The number of hydrogen-bond acceptors (Lipinski definition) is 0. The Morgan fingerprint density at radius 1 is 0.962 bits per heavy atom. The van der Waals surface area contributed by atoms with Crippen LogP contribution in [0.25, 0.3) is 11.1 Å². The molecule has 0 nitrogen and oxygen atoms in total. The fourth-order valence-corrected chi connectivity index (χ4v) is 4.42. The van der Waals surface area contributed by atoms with E-state index in [1.807, 2.05) is 0 Å². The molecule has 1 aliphatic carbocycles. The summed E-state index contributed by atoms with van der Waals surface area (Å²) in [5, 5.41) is 0. The summed E-state index contributed by atoms with van der Waals surface area (Å²) in [6.07, 6.45) is 2.06. The highest BCUT2D eigenvalue weighted by Gasteiger charge is 2.34. The molecule has 1 fully saturated rings. The van der Waals surface area contributed by atoms with Gasteiger partial charge in [0.1, 0.15) is 0 Å². The van der Waals surface area contributed by atoms with Crippen molar-refractivity contribution >= 4 is 0 Å². The Morgan fingerprint density at radius 3 is 2.08 bits per heavy atom. The van der Waals surface area contributed by atoms with E-state index in [-0.39, 0.29) is 5.92 Å². The van der Waals surface area contributed by atoms with E-state index < -0.39 is 0 Å². The molecular weight excluding hydrogens is 312 g/mol. The topological polar surface area (TPSA) is 0 Å². The van der Waals surface area contributed by atoms with E-state index in [2.05, 4.69) is 83.8 Å². The Bertz CT molecular complexity index is 854. The molecule has 0 radical (unpaired) electrons. The second-order valence-electron chi connectivity index (χ2n) is 8.12. The molecule has 2 unspecified atom stereocenters. The SMILES string of the molecule is C=C(C)CC1CC(=C)C(c2c(C)cc(-c3ccc(C)cc3)cc2C)C1=C. The van der Waals surface area contributed by atoms with Crippen LogP contribution in [0.5, 0.6) is 0 Å². The van der Waals surface area contributed by atoms with Gasteiger partial charge in [0.25, 0.3) is 0 Å². The van der Waals surface area contributed by atoms with Crippen molar-refractivity contribution < 1.29 is 0 Å². The van der Waals surface area contributed by atoms with Crippen LogP contribution in [0.4, 0.5) is 0 Å². The second kappa shape index (κ2) is 7.11. The van der Waals surface area contributed by atoms with Gasteiger partial charge in [-0.25, -0.2) is 0 Å². The van der Waals surface area contributed by atoms with Crippen LogP contribution in [0, 0.1) is 26.7 Å². The summed E-state index contributed by atoms with van der Waals surface area (Å²) in [4.78, 5) is 0. The molecule has 134 valence electrons. The molecule has 0 bridgehead atoms. The maximum absolute atomic E-state index is 4.47. The Morgan fingerprint density at radius 2 is 1.54 bits per heavy atom. The lowest BCUT2D eigenvalue weighted by Crippen LogP contribution is -2.05. The van der Waals surface area contributed by atoms with E-state index in [4.69, 9.17) is 0 Å². The quantitative estimate of drug-likeness (QED) is 0.506. The normalized spacial score (nSPS) is 19.8. The Hall–Kier alpha value is -2.34. The molecule has 2 aromatic rings. The number of hydrogen-bond donors (Lipinski definition) is 0. The first-order chi connectivity index (χ1) is 12.3. The number of allylic oxidation sites excluding steroid dienone is 3. The van der Waals surface area contributed by atoms with Gasteiger partial charge < -0.3 is 0 Å². The standard InChI is InChI=1S/C26H30/c1-16(2)12-23-13-20(6)26(21(23)7)25-18(4)14-24(15-19(25)5)22-10-8-17(3)9-11-22/h8-11,14-15,23,26H,1,6-7,12-13H2,2-5H3. The van der Waals surface area contributed by atoms with Crippen molar-refractivity contribution in [1.29, 1.82) is 0 Å². The van der Waals surface area contributed by atoms with Gasteiger partial charge in [-0.1, -0.05) is 71.8 Å². The highest BCUT2D eigenvalue weighted by Crippen LogP contribution is 2.49. The Balaban J connectivity index is 1.99. The molecule has 0 spiro atoms. The molecule has 0 N–H and O–H groups in total. The summed E-state index contributed by atoms with van der Waals surface area (Å²) in [6, 6.07) is 13.4. The van der Waals surface area contributed by atoms with Crippen molar-refractivity contribution in [3.63, 3.8) is 0 Å². The fourth-order valence-electron chi connectivity index (χ4n) is 4.42. The van der Waals surface area contributed by atoms with Crippen LogP contribution in [0.2, 0.25) is 0 Å². The second-order valence-corrected chi connectivity index (χ2v) is 8.12. The molecule has 0 heterocycles. The largest absolute Gasteiger partial charge is 0.100 e. The van der Waals surface area contributed by atoms with Crippen molar-refractivity contribution in [2.45, 2.75) is 46.5 Å². The molecule has 3 rings (SSSR count). The van der Waals surface area contributed by atoms with Crippen molar-refractivity contribution in [2.75, 3.05) is 0 Å². The molecule has 1 aliphatic rings. The third kappa shape index (κ3) is 3.46. The smallest absolute Gasteiger partial charge is 0.0260 e. The zero-order chi connectivity index (χ0) is 19.0. The number of benzene rings is 2. The molecule has 1 saturated carbocycles. The van der Waals surface area contributed by atoms with Gasteiger partial charge in [-0.15, -0.1) is 6.58 Å². The summed E-state index contributed by atoms with van der Waals surface area (Å²) in [6.45, 7) is 21.7. The van der Waals surface area contributed by atoms with E-state index in [1.165, 1.54) is 50.1 Å². The molecule has 0 saturated heterocycles. The van der Waals surface area contributed by atoms with E-state index in [1.54, 1.807) is 0 Å². The van der Waals surface area contributed by atoms with Crippen molar-refractivity contribution in [3.05, 3.63) is 95.1 Å². The summed E-state index contributed by atoms with van der Waals surface area (Å²) >= 11 is 0. The molecule has 0 aromatic heterocycles. The van der Waals surface area contributed by atoms with Gasteiger partial charge in [-0.3, -0.25) is 0 Å². The monoisotopic (exact) mass is 342 g/mol. The van der Waals surface area contributed by atoms with Crippen LogP contribution >= 0.6 is 0 Å². The summed E-state index contributed by atoms with van der Waals surface area (Å²) < 4.78 is 0. The molecule has 2 atom stereocenters. The molecule has 0 aliphatic heterocycles. The van der Waals surface area contributed by atoms with Crippen molar-refractivity contribution in [3.8, 4) is 11.1 Å². The van der Waals surface area contributed by atoms with E-state index in [0.717, 1.165) is 12.8 Å². The van der Waals surface area contributed by atoms with Gasteiger partial charge >= 0.3 is 0 Å².